The molecule has 3 unspecified atom stereocenters. The van der Waals surface area contributed by atoms with Crippen molar-refractivity contribution in [3.05, 3.63) is 0 Å². The number of aliphatic hydroxyl groups is 1. The maximum atomic E-state index is 13.1. The van der Waals surface area contributed by atoms with Crippen LogP contribution in [0.4, 0.5) is 0 Å². The standard InChI is InChI=1S/C73H149N2O6P/c1-6-8-10-12-14-16-18-20-22-24-26-28-29-30-31-32-33-34-35-36-37-38-39-40-41-42-43-44-45-47-49-51-53-55-57-59-61-63-65-67-73(77)74-71(70-81-82(78,79)80-69-68-75(3,4)5)72(76)66-64-62-60-58-56-54-52-50-48-46-27-25-23-21-19-17-15-13-11-9-7-2/h71-72,76H,6-70H2,1-5H3,(H-,74,77,78,79)/p+1. The van der Waals surface area contributed by atoms with Gasteiger partial charge in [-0.1, -0.05) is 393 Å². The fraction of sp³-hybridized carbons (Fsp3) is 0.986. The van der Waals surface area contributed by atoms with Crippen molar-refractivity contribution in [2.24, 2.45) is 0 Å². The van der Waals surface area contributed by atoms with Crippen molar-refractivity contribution >= 4 is 13.7 Å². The van der Waals surface area contributed by atoms with Crippen LogP contribution in [-0.2, 0) is 18.4 Å². The van der Waals surface area contributed by atoms with E-state index in [1.807, 2.05) is 21.1 Å². The highest BCUT2D eigenvalue weighted by Crippen LogP contribution is 2.43. The Morgan fingerprint density at radius 2 is 0.585 bits per heavy atom. The number of aliphatic hydroxyl groups excluding tert-OH is 1. The number of nitrogens with zero attached hydrogens (tertiary/aromatic N) is 1. The Kier molecular flexibility index (Phi) is 64.6. The van der Waals surface area contributed by atoms with E-state index in [1.165, 1.54) is 347 Å². The van der Waals surface area contributed by atoms with E-state index < -0.39 is 20.0 Å². The third-order valence-electron chi connectivity index (χ3n) is 17.9. The molecule has 0 bridgehead atoms. The summed E-state index contributed by atoms with van der Waals surface area (Å²) in [6, 6.07) is -0.757. The molecule has 0 spiro atoms. The van der Waals surface area contributed by atoms with Gasteiger partial charge in [-0.15, -0.1) is 0 Å². The molecule has 0 rings (SSSR count). The Balaban J connectivity index is 3.86. The number of phosphoric ester groups is 1. The van der Waals surface area contributed by atoms with Crippen LogP contribution in [0.3, 0.4) is 0 Å². The first-order valence-electron chi connectivity index (χ1n) is 37.4. The molecule has 3 atom stereocenters. The highest BCUT2D eigenvalue weighted by atomic mass is 31.2. The van der Waals surface area contributed by atoms with E-state index in [4.69, 9.17) is 9.05 Å². The fourth-order valence-corrected chi connectivity index (χ4v) is 12.8. The third kappa shape index (κ3) is 67.0. The zero-order valence-corrected chi connectivity index (χ0v) is 57.4. The van der Waals surface area contributed by atoms with Crippen molar-refractivity contribution in [1.29, 1.82) is 0 Å². The maximum Gasteiger partial charge on any atom is 0.472 e. The zero-order chi connectivity index (χ0) is 59.8. The highest BCUT2D eigenvalue weighted by Gasteiger charge is 2.28. The van der Waals surface area contributed by atoms with E-state index in [2.05, 4.69) is 19.2 Å². The van der Waals surface area contributed by atoms with E-state index in [0.29, 0.717) is 23.9 Å². The molecule has 0 aliphatic heterocycles. The number of carbonyl (C=O) groups is 1. The Hall–Kier alpha value is -0.500. The predicted octanol–water partition coefficient (Wildman–Crippen LogP) is 23.9. The fourth-order valence-electron chi connectivity index (χ4n) is 12.1. The molecule has 0 aliphatic carbocycles. The summed E-state index contributed by atoms with van der Waals surface area (Å²) in [5, 5.41) is 14.2. The zero-order valence-electron chi connectivity index (χ0n) is 56.5. The molecule has 0 saturated heterocycles. The average molecular weight is 1180 g/mol. The highest BCUT2D eigenvalue weighted by molar-refractivity contribution is 7.47. The number of likely N-dealkylation sites (N-methyl/N-ethyl adjacent to an activating group) is 1. The molecule has 0 fully saturated rings. The molecule has 0 aromatic rings. The van der Waals surface area contributed by atoms with Gasteiger partial charge in [0.1, 0.15) is 13.2 Å². The Labute approximate surface area is 514 Å². The Bertz CT molecular complexity index is 1300. The van der Waals surface area contributed by atoms with Gasteiger partial charge in [-0.25, -0.2) is 4.57 Å². The van der Waals surface area contributed by atoms with Gasteiger partial charge in [0.25, 0.3) is 0 Å². The molecule has 82 heavy (non-hydrogen) atoms. The van der Waals surface area contributed by atoms with E-state index in [-0.39, 0.29) is 19.1 Å². The van der Waals surface area contributed by atoms with Gasteiger partial charge in [0.05, 0.1) is 39.9 Å². The van der Waals surface area contributed by atoms with Crippen LogP contribution in [0.1, 0.15) is 412 Å². The lowest BCUT2D eigenvalue weighted by atomic mass is 10.0. The van der Waals surface area contributed by atoms with Crippen LogP contribution in [0.15, 0.2) is 0 Å². The van der Waals surface area contributed by atoms with Gasteiger partial charge in [0, 0.05) is 6.42 Å². The van der Waals surface area contributed by atoms with Crippen LogP contribution in [0, 0.1) is 0 Å². The lowest BCUT2D eigenvalue weighted by Crippen LogP contribution is -2.46. The van der Waals surface area contributed by atoms with Gasteiger partial charge < -0.3 is 19.8 Å². The predicted molar refractivity (Wildman–Crippen MR) is 360 cm³/mol. The van der Waals surface area contributed by atoms with Crippen molar-refractivity contribution in [3.63, 3.8) is 0 Å². The minimum absolute atomic E-state index is 0.0795. The van der Waals surface area contributed by atoms with Crippen molar-refractivity contribution in [2.45, 2.75) is 424 Å². The van der Waals surface area contributed by atoms with Gasteiger partial charge in [0.2, 0.25) is 5.91 Å². The SMILES string of the molecule is CCCCCCCCCCCCCCCCCCCCCCCCCCCCCCCCCCCCCCCCCC(=O)NC(COP(=O)(O)OCC[N+](C)(C)C)C(O)CCCCCCCCCCCCCCCCCCCCCCC. The maximum absolute atomic E-state index is 13.1. The number of rotatable bonds is 71. The minimum atomic E-state index is -4.32. The Morgan fingerprint density at radius 3 is 0.817 bits per heavy atom. The number of carbonyl (C=O) groups excluding carboxylic acids is 1. The van der Waals surface area contributed by atoms with E-state index in [0.717, 1.165) is 38.5 Å². The summed E-state index contributed by atoms with van der Waals surface area (Å²) in [4.78, 5) is 23.5. The van der Waals surface area contributed by atoms with Crippen LogP contribution in [0.5, 0.6) is 0 Å². The molecule has 492 valence electrons. The molecule has 9 heteroatoms. The van der Waals surface area contributed by atoms with Crippen LogP contribution >= 0.6 is 7.82 Å². The molecule has 0 aliphatic rings. The molecular formula is C73H150N2O6P+. The molecule has 0 saturated carbocycles. The van der Waals surface area contributed by atoms with E-state index >= 15 is 0 Å². The summed E-state index contributed by atoms with van der Waals surface area (Å²) in [6.07, 6.45) is 82.4. The number of quaternary nitrogens is 1. The number of unbranched alkanes of at least 4 members (excludes halogenated alkanes) is 58. The van der Waals surface area contributed by atoms with Crippen molar-refractivity contribution in [1.82, 2.24) is 5.32 Å². The molecular weight excluding hydrogens is 1030 g/mol. The molecule has 1 amide bonds. The van der Waals surface area contributed by atoms with Gasteiger partial charge in [-0.05, 0) is 12.8 Å². The van der Waals surface area contributed by atoms with Crippen molar-refractivity contribution in [3.8, 4) is 0 Å². The molecule has 8 nitrogen and oxygen atoms in total. The van der Waals surface area contributed by atoms with E-state index in [9.17, 15) is 19.4 Å². The number of amides is 1. The van der Waals surface area contributed by atoms with Crippen molar-refractivity contribution < 1.29 is 32.9 Å². The number of phosphoric acid groups is 1. The van der Waals surface area contributed by atoms with E-state index in [1.54, 1.807) is 0 Å². The molecule has 0 radical (unpaired) electrons. The average Bonchev–Trinajstić information content (AvgIpc) is 3.46. The summed E-state index contributed by atoms with van der Waals surface area (Å²) in [5.74, 6) is -0.133. The van der Waals surface area contributed by atoms with Crippen LogP contribution < -0.4 is 5.32 Å². The monoisotopic (exact) mass is 1180 g/mol. The Morgan fingerprint density at radius 1 is 0.366 bits per heavy atom. The molecule has 0 heterocycles. The summed E-state index contributed by atoms with van der Waals surface area (Å²) in [7, 11) is 1.64. The van der Waals surface area contributed by atoms with Crippen LogP contribution in [-0.4, -0.2) is 73.4 Å². The lowest BCUT2D eigenvalue weighted by Gasteiger charge is -2.26. The van der Waals surface area contributed by atoms with Gasteiger partial charge >= 0.3 is 7.82 Å². The lowest BCUT2D eigenvalue weighted by molar-refractivity contribution is -0.870. The number of hydrogen-bond donors (Lipinski definition) is 3. The van der Waals surface area contributed by atoms with Gasteiger partial charge in [0.15, 0.2) is 0 Å². The number of nitrogens with one attached hydrogen (secondary N) is 1. The summed E-state index contributed by atoms with van der Waals surface area (Å²) in [6.45, 7) is 4.97. The summed E-state index contributed by atoms with van der Waals surface area (Å²) in [5.41, 5.74) is 0. The van der Waals surface area contributed by atoms with Crippen molar-refractivity contribution in [2.75, 3.05) is 40.9 Å². The van der Waals surface area contributed by atoms with Gasteiger partial charge in [-0.3, -0.25) is 13.8 Å². The first kappa shape index (κ1) is 81.5. The summed E-state index contributed by atoms with van der Waals surface area (Å²) >= 11 is 0. The van der Waals surface area contributed by atoms with Gasteiger partial charge in [-0.2, -0.15) is 0 Å². The first-order valence-corrected chi connectivity index (χ1v) is 38.9. The first-order chi connectivity index (χ1) is 40.0. The third-order valence-corrected chi connectivity index (χ3v) is 18.8. The second kappa shape index (κ2) is 65.0. The second-order valence-electron chi connectivity index (χ2n) is 27.4. The number of hydrogen-bond acceptors (Lipinski definition) is 5. The molecule has 0 aromatic heterocycles. The quantitative estimate of drug-likeness (QED) is 0.0318. The summed E-state index contributed by atoms with van der Waals surface area (Å²) < 4.78 is 23.9. The minimum Gasteiger partial charge on any atom is -0.391 e. The smallest absolute Gasteiger partial charge is 0.391 e. The molecule has 0 aromatic carbocycles. The largest absolute Gasteiger partial charge is 0.472 e. The normalized spacial score (nSPS) is 13.5. The van der Waals surface area contributed by atoms with Crippen LogP contribution in [0.25, 0.3) is 0 Å². The molecule has 3 N–H and O–H groups in total. The van der Waals surface area contributed by atoms with Crippen LogP contribution in [0.2, 0.25) is 0 Å². The second-order valence-corrected chi connectivity index (χ2v) is 28.9. The topological polar surface area (TPSA) is 105 Å².